The molecule has 5 nitrogen and oxygen atoms in total. The highest BCUT2D eigenvalue weighted by Crippen LogP contribution is 2.44. The molecule has 0 saturated heterocycles. The van der Waals surface area contributed by atoms with Crippen LogP contribution in [0.4, 0.5) is 4.79 Å². The normalized spacial score (nSPS) is 14.9. The number of carbonyl (C=O) groups is 2. The van der Waals surface area contributed by atoms with Crippen molar-refractivity contribution < 1.29 is 19.4 Å². The largest absolute Gasteiger partial charge is 0.481 e. The van der Waals surface area contributed by atoms with Crippen molar-refractivity contribution >= 4 is 12.1 Å². The highest BCUT2D eigenvalue weighted by Gasteiger charge is 2.31. The maximum absolute atomic E-state index is 12.4. The molecule has 5 heteroatoms. The summed E-state index contributed by atoms with van der Waals surface area (Å²) in [5.41, 5.74) is 4.64. The maximum atomic E-state index is 12.4. The third kappa shape index (κ3) is 3.17. The predicted octanol–water partition coefficient (Wildman–Crippen LogP) is 3.98. The molecule has 2 aromatic rings. The van der Waals surface area contributed by atoms with Gasteiger partial charge in [-0.1, -0.05) is 48.5 Å². The summed E-state index contributed by atoms with van der Waals surface area (Å²) < 4.78 is 5.55. The van der Waals surface area contributed by atoms with Gasteiger partial charge in [0.1, 0.15) is 6.61 Å². The Morgan fingerprint density at radius 2 is 1.54 bits per heavy atom. The van der Waals surface area contributed by atoms with Crippen LogP contribution in [0.3, 0.4) is 0 Å². The molecule has 26 heavy (non-hydrogen) atoms. The lowest BCUT2D eigenvalue weighted by Gasteiger charge is -2.27. The smallest absolute Gasteiger partial charge is 0.409 e. The van der Waals surface area contributed by atoms with Crippen LogP contribution in [0.5, 0.6) is 0 Å². The van der Waals surface area contributed by atoms with Gasteiger partial charge in [-0.2, -0.15) is 0 Å². The molecule has 136 valence electrons. The Morgan fingerprint density at radius 3 is 2.04 bits per heavy atom. The van der Waals surface area contributed by atoms with Crippen molar-refractivity contribution in [1.82, 2.24) is 4.90 Å². The monoisotopic (exact) mass is 353 g/mol. The van der Waals surface area contributed by atoms with Crippen molar-refractivity contribution in [3.05, 3.63) is 59.7 Å². The van der Waals surface area contributed by atoms with Crippen LogP contribution in [-0.4, -0.2) is 41.8 Å². The first kappa shape index (κ1) is 18.0. The lowest BCUT2D eigenvalue weighted by atomic mass is 9.98. The Morgan fingerprint density at radius 1 is 1.04 bits per heavy atom. The Labute approximate surface area is 153 Å². The lowest BCUT2D eigenvalue weighted by Crippen LogP contribution is -2.42. The molecule has 0 fully saturated rings. The molecule has 1 aliphatic rings. The number of aliphatic carboxylic acids is 1. The number of fused-ring (bicyclic) bond motifs is 3. The number of rotatable bonds is 5. The van der Waals surface area contributed by atoms with Crippen molar-refractivity contribution in [1.29, 1.82) is 0 Å². The van der Waals surface area contributed by atoms with Crippen LogP contribution in [0, 0.1) is 5.92 Å². The van der Waals surface area contributed by atoms with Gasteiger partial charge in [-0.05, 0) is 36.1 Å². The quantitative estimate of drug-likeness (QED) is 0.883. The van der Waals surface area contributed by atoms with Crippen molar-refractivity contribution in [3.63, 3.8) is 0 Å². The standard InChI is InChI=1S/C21H23NO4/c1-13(20(23)24)14(2)22(3)21(25)26-12-19-17-10-6-4-8-15(17)16-9-5-7-11-18(16)19/h4-11,13-14,19H,12H2,1-3H3,(H,23,24)/t13-,14-/m1/s1. The molecule has 1 amide bonds. The van der Waals surface area contributed by atoms with Crippen LogP contribution in [0.25, 0.3) is 11.1 Å². The molecule has 0 aliphatic heterocycles. The third-order valence-corrected chi connectivity index (χ3v) is 5.35. The van der Waals surface area contributed by atoms with E-state index in [-0.39, 0.29) is 12.5 Å². The van der Waals surface area contributed by atoms with Gasteiger partial charge in [-0.15, -0.1) is 0 Å². The minimum absolute atomic E-state index is 0.00745. The number of benzene rings is 2. The molecule has 2 atom stereocenters. The average Bonchev–Trinajstić information content (AvgIpc) is 2.98. The fraction of sp³-hybridized carbons (Fsp3) is 0.333. The summed E-state index contributed by atoms with van der Waals surface area (Å²) in [5.74, 6) is -1.61. The van der Waals surface area contributed by atoms with E-state index >= 15 is 0 Å². The molecule has 0 heterocycles. The van der Waals surface area contributed by atoms with Crippen molar-refractivity contribution in [3.8, 4) is 11.1 Å². The van der Waals surface area contributed by atoms with Gasteiger partial charge in [0.05, 0.1) is 5.92 Å². The summed E-state index contributed by atoms with van der Waals surface area (Å²) >= 11 is 0. The van der Waals surface area contributed by atoms with Gasteiger partial charge in [0, 0.05) is 19.0 Å². The minimum atomic E-state index is -0.934. The van der Waals surface area contributed by atoms with Crippen molar-refractivity contribution in [2.45, 2.75) is 25.8 Å². The number of carboxylic acids is 1. The summed E-state index contributed by atoms with van der Waals surface area (Å²) in [6.45, 7) is 3.52. The van der Waals surface area contributed by atoms with Gasteiger partial charge in [0.2, 0.25) is 0 Å². The van der Waals surface area contributed by atoms with Gasteiger partial charge < -0.3 is 14.7 Å². The zero-order valence-electron chi connectivity index (χ0n) is 15.2. The zero-order chi connectivity index (χ0) is 18.8. The molecular formula is C21H23NO4. The van der Waals surface area contributed by atoms with E-state index in [0.29, 0.717) is 0 Å². The number of carboxylic acid groups (broad SMARTS) is 1. The summed E-state index contributed by atoms with van der Waals surface area (Å²) in [6.07, 6.45) is -0.507. The summed E-state index contributed by atoms with van der Waals surface area (Å²) in [7, 11) is 1.57. The fourth-order valence-corrected chi connectivity index (χ4v) is 3.40. The number of carbonyl (C=O) groups excluding carboxylic acids is 1. The second kappa shape index (κ2) is 7.20. The number of nitrogens with zero attached hydrogens (tertiary/aromatic N) is 1. The van der Waals surface area contributed by atoms with Crippen LogP contribution < -0.4 is 0 Å². The SMILES string of the molecule is C[C@H]([C@@H](C)C(=O)O)N(C)C(=O)OCC1c2ccccc2-c2ccccc21. The number of amides is 1. The van der Waals surface area contributed by atoms with Gasteiger partial charge in [0.15, 0.2) is 0 Å². The minimum Gasteiger partial charge on any atom is -0.481 e. The number of hydrogen-bond acceptors (Lipinski definition) is 3. The van der Waals surface area contributed by atoms with Crippen LogP contribution in [0.1, 0.15) is 30.9 Å². The summed E-state index contributed by atoms with van der Waals surface area (Å²) in [4.78, 5) is 24.9. The predicted molar refractivity (Wildman–Crippen MR) is 99.1 cm³/mol. The molecule has 3 rings (SSSR count). The molecule has 0 unspecified atom stereocenters. The summed E-state index contributed by atoms with van der Waals surface area (Å²) in [6, 6.07) is 15.8. The second-order valence-electron chi connectivity index (χ2n) is 6.78. The Balaban J connectivity index is 1.74. The summed E-state index contributed by atoms with van der Waals surface area (Å²) in [5, 5.41) is 9.13. The highest BCUT2D eigenvalue weighted by molar-refractivity contribution is 5.79. The topological polar surface area (TPSA) is 66.8 Å². The first-order valence-electron chi connectivity index (χ1n) is 8.72. The molecule has 2 aromatic carbocycles. The zero-order valence-corrected chi connectivity index (χ0v) is 15.2. The first-order valence-corrected chi connectivity index (χ1v) is 8.72. The van der Waals surface area contributed by atoms with Gasteiger partial charge >= 0.3 is 12.1 Å². The fourth-order valence-electron chi connectivity index (χ4n) is 3.40. The third-order valence-electron chi connectivity index (χ3n) is 5.35. The lowest BCUT2D eigenvalue weighted by molar-refractivity contribution is -0.142. The Kier molecular flexibility index (Phi) is 4.98. The van der Waals surface area contributed by atoms with E-state index in [1.807, 2.05) is 24.3 Å². The van der Waals surface area contributed by atoms with E-state index in [1.165, 1.54) is 16.0 Å². The van der Waals surface area contributed by atoms with Crippen LogP contribution in [-0.2, 0) is 9.53 Å². The van der Waals surface area contributed by atoms with E-state index < -0.39 is 24.0 Å². The molecule has 0 saturated carbocycles. The van der Waals surface area contributed by atoms with E-state index in [0.717, 1.165) is 11.1 Å². The van der Waals surface area contributed by atoms with Crippen LogP contribution in [0.2, 0.25) is 0 Å². The number of hydrogen-bond donors (Lipinski definition) is 1. The van der Waals surface area contributed by atoms with Gasteiger partial charge in [0.25, 0.3) is 0 Å². The average molecular weight is 353 g/mol. The second-order valence-corrected chi connectivity index (χ2v) is 6.78. The molecule has 0 aromatic heterocycles. The van der Waals surface area contributed by atoms with Gasteiger partial charge in [-0.25, -0.2) is 4.79 Å². The van der Waals surface area contributed by atoms with E-state index in [4.69, 9.17) is 9.84 Å². The van der Waals surface area contributed by atoms with Gasteiger partial charge in [-0.3, -0.25) is 4.79 Å². The van der Waals surface area contributed by atoms with Crippen LogP contribution >= 0.6 is 0 Å². The first-order chi connectivity index (χ1) is 12.4. The van der Waals surface area contributed by atoms with Crippen molar-refractivity contribution in [2.75, 3.05) is 13.7 Å². The van der Waals surface area contributed by atoms with Crippen molar-refractivity contribution in [2.24, 2.45) is 5.92 Å². The van der Waals surface area contributed by atoms with E-state index in [9.17, 15) is 9.59 Å². The van der Waals surface area contributed by atoms with E-state index in [2.05, 4.69) is 24.3 Å². The van der Waals surface area contributed by atoms with E-state index in [1.54, 1.807) is 20.9 Å². The molecule has 1 aliphatic carbocycles. The molecule has 1 N–H and O–H groups in total. The Hall–Kier alpha value is -2.82. The number of ether oxygens (including phenoxy) is 1. The highest BCUT2D eigenvalue weighted by atomic mass is 16.6. The Bertz CT molecular complexity index is 787. The van der Waals surface area contributed by atoms with Crippen LogP contribution in [0.15, 0.2) is 48.5 Å². The molecule has 0 spiro atoms. The molecule has 0 bridgehead atoms. The molecular weight excluding hydrogens is 330 g/mol. The maximum Gasteiger partial charge on any atom is 0.409 e. The molecule has 0 radical (unpaired) electrons.